The molecule has 0 aliphatic rings. The van der Waals surface area contributed by atoms with E-state index >= 15 is 0 Å². The molecule has 0 saturated carbocycles. The van der Waals surface area contributed by atoms with Crippen molar-refractivity contribution in [1.29, 1.82) is 5.41 Å². The Morgan fingerprint density at radius 2 is 1.36 bits per heavy atom. The molecule has 0 radical (unpaired) electrons. The summed E-state index contributed by atoms with van der Waals surface area (Å²) in [5.41, 5.74) is 10.8. The van der Waals surface area contributed by atoms with Gasteiger partial charge in [0.1, 0.15) is 23.1 Å². The summed E-state index contributed by atoms with van der Waals surface area (Å²) in [6, 6.07) is 1.54. The van der Waals surface area contributed by atoms with Gasteiger partial charge in [-0.25, -0.2) is 4.79 Å². The zero-order valence-electron chi connectivity index (χ0n) is 20.1. The molecule has 0 fully saturated rings. The zero-order chi connectivity index (χ0) is 28.5. The fourth-order valence-corrected chi connectivity index (χ4v) is 3.03. The van der Waals surface area contributed by atoms with E-state index in [4.69, 9.17) is 22.0 Å². The zero-order valence-corrected chi connectivity index (χ0v) is 20.1. The van der Waals surface area contributed by atoms with Crippen molar-refractivity contribution in [3.8, 4) is 0 Å². The van der Waals surface area contributed by atoms with Crippen molar-refractivity contribution in [2.75, 3.05) is 22.5 Å². The topological polar surface area (TPSA) is 316 Å². The fourth-order valence-electron chi connectivity index (χ4n) is 3.03. The second kappa shape index (κ2) is 12.7. The largest absolute Gasteiger partial charge is 0.477 e. The summed E-state index contributed by atoms with van der Waals surface area (Å²) in [4.78, 5) is 60.5. The van der Waals surface area contributed by atoms with E-state index < -0.39 is 41.7 Å². The van der Waals surface area contributed by atoms with Crippen LogP contribution in [-0.4, -0.2) is 90.1 Å². The van der Waals surface area contributed by atoms with E-state index in [0.29, 0.717) is 0 Å². The molecule has 3 rings (SSSR count). The minimum absolute atomic E-state index is 0.000546. The Balaban J connectivity index is 1.57. The van der Waals surface area contributed by atoms with Crippen LogP contribution in [0.5, 0.6) is 0 Å². The van der Waals surface area contributed by atoms with E-state index in [-0.39, 0.29) is 53.9 Å². The maximum absolute atomic E-state index is 12.6. The van der Waals surface area contributed by atoms with Crippen molar-refractivity contribution in [3.63, 3.8) is 0 Å². The van der Waals surface area contributed by atoms with Crippen LogP contribution in [0.25, 0.3) is 0 Å². The molecule has 0 aromatic carbocycles. The number of aromatic nitrogens is 6. The average Bonchev–Trinajstić information content (AvgIpc) is 3.65. The third-order valence-electron chi connectivity index (χ3n) is 4.98. The van der Waals surface area contributed by atoms with E-state index in [0.717, 1.165) is 12.3 Å². The first-order valence-corrected chi connectivity index (χ1v) is 11.2. The Bertz CT molecular complexity index is 1380. The van der Waals surface area contributed by atoms with Crippen molar-refractivity contribution in [2.24, 2.45) is 11.5 Å². The van der Waals surface area contributed by atoms with E-state index in [1.807, 2.05) is 0 Å². The van der Waals surface area contributed by atoms with Crippen molar-refractivity contribution >= 4 is 53.3 Å². The molecule has 3 aromatic rings. The number of hydrogen-bond donors (Lipinski definition) is 11. The van der Waals surface area contributed by atoms with Crippen molar-refractivity contribution in [1.82, 2.24) is 35.9 Å². The van der Waals surface area contributed by atoms with Crippen LogP contribution in [-0.2, 0) is 9.59 Å². The Labute approximate surface area is 218 Å². The number of carboxylic acids is 1. The molecule has 4 amide bonds. The van der Waals surface area contributed by atoms with E-state index in [1.165, 1.54) is 12.1 Å². The van der Waals surface area contributed by atoms with Gasteiger partial charge in [0.05, 0.1) is 6.04 Å². The molecule has 2 atom stereocenters. The first kappa shape index (κ1) is 28.1. The molecule has 0 bridgehead atoms. The molecule has 0 saturated heterocycles. The number of aromatic amines is 3. The van der Waals surface area contributed by atoms with Gasteiger partial charge in [0, 0.05) is 24.6 Å². The summed E-state index contributed by atoms with van der Waals surface area (Å²) in [6.45, 7) is 0.0845. The number of carbonyl (C=O) groups excluding carboxylic acids is 4. The van der Waals surface area contributed by atoms with Crippen LogP contribution >= 0.6 is 0 Å². The van der Waals surface area contributed by atoms with Crippen LogP contribution in [0.3, 0.4) is 0 Å². The van der Waals surface area contributed by atoms with Crippen LogP contribution in [0.1, 0.15) is 44.3 Å². The summed E-state index contributed by atoms with van der Waals surface area (Å²) in [5.74, 6) is -4.01. The monoisotopic (exact) mass is 543 g/mol. The van der Waals surface area contributed by atoms with Crippen molar-refractivity contribution in [3.05, 3.63) is 35.3 Å². The molecule has 0 unspecified atom stereocenters. The molecular formula is C20H25N13O6. The highest BCUT2D eigenvalue weighted by atomic mass is 16.4. The van der Waals surface area contributed by atoms with E-state index in [2.05, 4.69) is 51.9 Å². The quantitative estimate of drug-likeness (QED) is 0.107. The van der Waals surface area contributed by atoms with Gasteiger partial charge < -0.3 is 43.3 Å². The van der Waals surface area contributed by atoms with E-state index in [9.17, 15) is 24.0 Å². The number of carbonyl (C=O) groups is 5. The molecule has 0 aliphatic carbocycles. The fraction of sp³-hybridized carbons (Fsp3) is 0.250. The summed E-state index contributed by atoms with van der Waals surface area (Å²) < 4.78 is 0. The molecule has 206 valence electrons. The summed E-state index contributed by atoms with van der Waals surface area (Å²) in [6.07, 6.45) is 1.08. The first-order valence-electron chi connectivity index (χ1n) is 11.2. The summed E-state index contributed by atoms with van der Waals surface area (Å²) in [5, 5.41) is 44.0. The molecule has 0 spiro atoms. The molecule has 0 aliphatic heterocycles. The van der Waals surface area contributed by atoms with Crippen LogP contribution < -0.4 is 32.7 Å². The number of nitrogens with one attached hydrogen (secondary N) is 8. The number of anilines is 3. The molecule has 3 heterocycles. The second-order valence-electron chi connectivity index (χ2n) is 7.89. The Morgan fingerprint density at radius 3 is 1.82 bits per heavy atom. The molecule has 39 heavy (non-hydrogen) atoms. The number of H-pyrrole nitrogens is 3. The van der Waals surface area contributed by atoms with Gasteiger partial charge in [0.25, 0.3) is 11.8 Å². The lowest BCUT2D eigenvalue weighted by atomic mass is 10.1. The summed E-state index contributed by atoms with van der Waals surface area (Å²) >= 11 is 0. The van der Waals surface area contributed by atoms with Gasteiger partial charge in [-0.05, 0) is 19.2 Å². The predicted octanol–water partition coefficient (Wildman–Crippen LogP) is -1.80. The number of amides is 4. The average molecular weight is 544 g/mol. The number of aromatic carboxylic acids is 1. The van der Waals surface area contributed by atoms with Crippen molar-refractivity contribution in [2.45, 2.75) is 24.9 Å². The molecule has 3 aromatic heterocycles. The maximum Gasteiger partial charge on any atom is 0.353 e. The van der Waals surface area contributed by atoms with Gasteiger partial charge in [-0.2, -0.15) is 15.3 Å². The van der Waals surface area contributed by atoms with Crippen molar-refractivity contribution < 1.29 is 29.1 Å². The third kappa shape index (κ3) is 7.53. The SMILES string of the molecule is N=CC[C@H](N)C(=O)N[C@@H](CCN)C(=O)Nc1cc(C(=O)Nc2cc(C(=O)Nc3cc(C(=O)O)[nH]n3)[nH]n2)[nH]n1. The molecule has 13 N–H and O–H groups in total. The van der Waals surface area contributed by atoms with Gasteiger partial charge in [0.15, 0.2) is 17.5 Å². The van der Waals surface area contributed by atoms with Crippen LogP contribution in [0.4, 0.5) is 17.5 Å². The minimum atomic E-state index is -1.25. The number of nitrogens with zero attached hydrogens (tertiary/aromatic N) is 3. The number of rotatable bonds is 13. The lowest BCUT2D eigenvalue weighted by Crippen LogP contribution is -2.50. The van der Waals surface area contributed by atoms with Gasteiger partial charge >= 0.3 is 5.97 Å². The van der Waals surface area contributed by atoms with Crippen LogP contribution in [0, 0.1) is 5.41 Å². The van der Waals surface area contributed by atoms with Gasteiger partial charge in [-0.3, -0.25) is 34.5 Å². The standard InChI is InChI=1S/C20H25N13O6/c21-3-1-8(23)16(34)24-9(2-4-22)17(35)25-13-5-10(28-31-13)18(36)26-14-6-11(29-32-14)19(37)27-15-7-12(20(38)39)30-33-15/h3,5-9,21H,1-2,4,22-23H2,(H,24,34)(H,38,39)(H2,25,28,31,35)(H2,26,29,32,36)(H2,27,30,33,37)/t8-,9-/m0/s1. The second-order valence-corrected chi connectivity index (χ2v) is 7.89. The van der Waals surface area contributed by atoms with Crippen LogP contribution in [0.2, 0.25) is 0 Å². The van der Waals surface area contributed by atoms with E-state index in [1.54, 1.807) is 0 Å². The normalized spacial score (nSPS) is 12.2. The number of carboxylic acid groups (broad SMARTS) is 1. The Hall–Kier alpha value is -5.43. The number of hydrogen-bond acceptors (Lipinski definition) is 11. The smallest absolute Gasteiger partial charge is 0.353 e. The maximum atomic E-state index is 12.6. The first-order chi connectivity index (χ1) is 18.6. The lowest BCUT2D eigenvalue weighted by Gasteiger charge is -2.19. The predicted molar refractivity (Wildman–Crippen MR) is 134 cm³/mol. The number of nitrogens with two attached hydrogens (primary N) is 2. The Kier molecular flexibility index (Phi) is 9.16. The highest BCUT2D eigenvalue weighted by Crippen LogP contribution is 2.13. The Morgan fingerprint density at radius 1 is 0.872 bits per heavy atom. The van der Waals surface area contributed by atoms with Gasteiger partial charge in [-0.1, -0.05) is 0 Å². The third-order valence-corrected chi connectivity index (χ3v) is 4.98. The van der Waals surface area contributed by atoms with Gasteiger partial charge in [-0.15, -0.1) is 0 Å². The summed E-state index contributed by atoms with van der Waals surface area (Å²) in [7, 11) is 0. The molecular weight excluding hydrogens is 518 g/mol. The minimum Gasteiger partial charge on any atom is -0.477 e. The highest BCUT2D eigenvalue weighted by molar-refractivity contribution is 6.06. The molecule has 19 heteroatoms. The van der Waals surface area contributed by atoms with Crippen LogP contribution in [0.15, 0.2) is 18.2 Å². The van der Waals surface area contributed by atoms with Gasteiger partial charge in [0.2, 0.25) is 11.8 Å². The highest BCUT2D eigenvalue weighted by Gasteiger charge is 2.24. The molecule has 19 nitrogen and oxygen atoms in total. The lowest BCUT2D eigenvalue weighted by molar-refractivity contribution is -0.127.